The molecule has 1 saturated heterocycles. The van der Waals surface area contributed by atoms with Gasteiger partial charge in [0.1, 0.15) is 11.8 Å². The number of nitrogens with zero attached hydrogens (tertiary/aromatic N) is 1. The van der Waals surface area contributed by atoms with Crippen molar-refractivity contribution in [3.8, 4) is 5.75 Å². The van der Waals surface area contributed by atoms with Gasteiger partial charge in [0.15, 0.2) is 0 Å². The molecule has 1 aliphatic heterocycles. The number of carboxylic acid groups (broad SMARTS) is 1. The van der Waals surface area contributed by atoms with Crippen LogP contribution in [0.25, 0.3) is 10.9 Å². The Morgan fingerprint density at radius 3 is 2.65 bits per heavy atom. The third kappa shape index (κ3) is 6.36. The predicted octanol–water partition coefficient (Wildman–Crippen LogP) is 2.66. The number of piperazine rings is 1. The monoisotopic (exact) mass is 464 g/mol. The van der Waals surface area contributed by atoms with Gasteiger partial charge < -0.3 is 30.4 Å². The predicted molar refractivity (Wildman–Crippen MR) is 131 cm³/mol. The average molecular weight is 465 g/mol. The van der Waals surface area contributed by atoms with Gasteiger partial charge in [0, 0.05) is 55.3 Å². The number of carboxylic acids is 1. The van der Waals surface area contributed by atoms with Crippen LogP contribution < -0.4 is 15.4 Å². The summed E-state index contributed by atoms with van der Waals surface area (Å²) < 4.78 is 5.97. The summed E-state index contributed by atoms with van der Waals surface area (Å²) in [6.07, 6.45) is 4.04. The molecule has 4 rings (SSSR count). The number of fused-ring (bicyclic) bond motifs is 1. The number of carbonyl (C=O) groups is 2. The highest BCUT2D eigenvalue weighted by Gasteiger charge is 2.22. The fraction of sp³-hybridized carbons (Fsp3) is 0.385. The average Bonchev–Trinajstić information content (AvgIpc) is 3.26. The van der Waals surface area contributed by atoms with E-state index >= 15 is 0 Å². The Hall–Kier alpha value is -3.36. The van der Waals surface area contributed by atoms with Crippen molar-refractivity contribution >= 4 is 22.8 Å². The number of aromatic amines is 1. The van der Waals surface area contributed by atoms with Crippen LogP contribution in [0.3, 0.4) is 0 Å². The van der Waals surface area contributed by atoms with Gasteiger partial charge in [0.2, 0.25) is 0 Å². The van der Waals surface area contributed by atoms with Gasteiger partial charge in [-0.2, -0.15) is 0 Å². The lowest BCUT2D eigenvalue weighted by atomic mass is 10.0. The number of unbranched alkanes of at least 4 members (excludes halogenated alkanes) is 1. The van der Waals surface area contributed by atoms with Crippen molar-refractivity contribution in [2.24, 2.45) is 0 Å². The molecule has 2 heterocycles. The third-order valence-electron chi connectivity index (χ3n) is 6.15. The molecule has 34 heavy (non-hydrogen) atoms. The summed E-state index contributed by atoms with van der Waals surface area (Å²) in [6, 6.07) is 13.4. The summed E-state index contributed by atoms with van der Waals surface area (Å²) in [5.41, 5.74) is 2.15. The second-order valence-corrected chi connectivity index (χ2v) is 8.60. The van der Waals surface area contributed by atoms with E-state index in [9.17, 15) is 14.7 Å². The molecule has 0 aliphatic carbocycles. The number of ether oxygens (including phenoxy) is 1. The molecule has 1 atom stereocenters. The summed E-state index contributed by atoms with van der Waals surface area (Å²) in [6.45, 7) is 6.08. The second-order valence-electron chi connectivity index (χ2n) is 8.60. The van der Waals surface area contributed by atoms with Crippen LogP contribution in [-0.2, 0) is 11.2 Å². The zero-order valence-corrected chi connectivity index (χ0v) is 19.3. The van der Waals surface area contributed by atoms with Crippen LogP contribution in [0.2, 0.25) is 0 Å². The highest BCUT2D eigenvalue weighted by molar-refractivity contribution is 5.96. The van der Waals surface area contributed by atoms with E-state index in [1.807, 2.05) is 24.3 Å². The van der Waals surface area contributed by atoms with Crippen molar-refractivity contribution in [2.75, 3.05) is 39.3 Å². The van der Waals surface area contributed by atoms with E-state index in [-0.39, 0.29) is 6.42 Å². The first-order valence-electron chi connectivity index (χ1n) is 11.8. The molecule has 4 N–H and O–H groups in total. The molecular formula is C26H32N4O4. The summed E-state index contributed by atoms with van der Waals surface area (Å²) >= 11 is 0. The zero-order chi connectivity index (χ0) is 23.8. The number of aromatic nitrogens is 1. The molecule has 0 unspecified atom stereocenters. The smallest absolute Gasteiger partial charge is 0.326 e. The quantitative estimate of drug-likeness (QED) is 0.325. The van der Waals surface area contributed by atoms with Crippen molar-refractivity contribution in [3.05, 3.63) is 65.9 Å². The molecule has 8 heteroatoms. The molecule has 1 fully saturated rings. The molecule has 1 aliphatic rings. The summed E-state index contributed by atoms with van der Waals surface area (Å²) in [7, 11) is 0. The van der Waals surface area contributed by atoms with Gasteiger partial charge in [-0.1, -0.05) is 18.2 Å². The van der Waals surface area contributed by atoms with E-state index in [2.05, 4.69) is 20.5 Å². The van der Waals surface area contributed by atoms with Crippen LogP contribution in [-0.4, -0.2) is 72.2 Å². The Kier molecular flexibility index (Phi) is 8.17. The standard InChI is InChI=1S/C26H32N4O4/c31-25(19-6-2-1-3-7-19)29-24(26(32)33)16-20-18-28-23-9-8-21(17-22(20)23)34-15-5-4-12-30-13-10-27-11-14-30/h1-3,6-9,17-18,24,27-28H,4-5,10-16H2,(H,29,31)(H,32,33)/t24-/m0/s1. The number of aliphatic carboxylic acids is 1. The first kappa shape index (κ1) is 23.8. The van der Waals surface area contributed by atoms with Crippen LogP contribution in [0.5, 0.6) is 5.75 Å². The largest absolute Gasteiger partial charge is 0.494 e. The van der Waals surface area contributed by atoms with E-state index in [1.165, 1.54) is 0 Å². The number of H-pyrrole nitrogens is 1. The number of amides is 1. The Morgan fingerprint density at radius 2 is 1.88 bits per heavy atom. The third-order valence-corrected chi connectivity index (χ3v) is 6.15. The minimum atomic E-state index is -1.07. The lowest BCUT2D eigenvalue weighted by Crippen LogP contribution is -2.43. The van der Waals surface area contributed by atoms with Crippen LogP contribution in [0.1, 0.15) is 28.8 Å². The normalized spacial score (nSPS) is 15.2. The van der Waals surface area contributed by atoms with Crippen LogP contribution in [0.15, 0.2) is 54.7 Å². The lowest BCUT2D eigenvalue weighted by molar-refractivity contribution is -0.139. The molecule has 3 aromatic rings. The van der Waals surface area contributed by atoms with E-state index in [0.717, 1.165) is 67.8 Å². The first-order chi connectivity index (χ1) is 16.6. The fourth-order valence-electron chi connectivity index (χ4n) is 4.23. The van der Waals surface area contributed by atoms with Gasteiger partial charge in [-0.3, -0.25) is 4.79 Å². The highest BCUT2D eigenvalue weighted by atomic mass is 16.5. The number of nitrogens with one attached hydrogen (secondary N) is 3. The summed E-state index contributed by atoms with van der Waals surface area (Å²) in [4.78, 5) is 30.0. The Labute approximate surface area is 199 Å². The molecule has 0 spiro atoms. The maximum Gasteiger partial charge on any atom is 0.326 e. The zero-order valence-electron chi connectivity index (χ0n) is 19.3. The van der Waals surface area contributed by atoms with E-state index < -0.39 is 17.9 Å². The van der Waals surface area contributed by atoms with E-state index in [0.29, 0.717) is 12.2 Å². The second kappa shape index (κ2) is 11.7. The molecule has 0 saturated carbocycles. The molecule has 1 amide bonds. The molecule has 8 nitrogen and oxygen atoms in total. The van der Waals surface area contributed by atoms with Crippen LogP contribution >= 0.6 is 0 Å². The highest BCUT2D eigenvalue weighted by Crippen LogP contribution is 2.25. The molecule has 0 bridgehead atoms. The molecule has 180 valence electrons. The minimum absolute atomic E-state index is 0.169. The number of hydrogen-bond acceptors (Lipinski definition) is 5. The SMILES string of the molecule is O=C(N[C@@H](Cc1c[nH]c2ccc(OCCCCN3CCNCC3)cc12)C(=O)O)c1ccccc1. The van der Waals surface area contributed by atoms with Gasteiger partial charge in [-0.15, -0.1) is 0 Å². The van der Waals surface area contributed by atoms with Crippen molar-refractivity contribution in [1.82, 2.24) is 20.5 Å². The van der Waals surface area contributed by atoms with Crippen molar-refractivity contribution in [3.63, 3.8) is 0 Å². The van der Waals surface area contributed by atoms with E-state index in [4.69, 9.17) is 4.74 Å². The molecule has 0 radical (unpaired) electrons. The first-order valence-corrected chi connectivity index (χ1v) is 11.8. The Morgan fingerprint density at radius 1 is 1.09 bits per heavy atom. The van der Waals surface area contributed by atoms with Gasteiger partial charge in [0.05, 0.1) is 6.61 Å². The topological polar surface area (TPSA) is 107 Å². The van der Waals surface area contributed by atoms with Gasteiger partial charge >= 0.3 is 5.97 Å². The van der Waals surface area contributed by atoms with Gasteiger partial charge in [-0.05, 0) is 55.3 Å². The summed E-state index contributed by atoms with van der Waals surface area (Å²) in [5, 5.41) is 16.6. The van der Waals surface area contributed by atoms with Gasteiger partial charge in [-0.25, -0.2) is 4.79 Å². The van der Waals surface area contributed by atoms with Crippen molar-refractivity contribution in [1.29, 1.82) is 0 Å². The van der Waals surface area contributed by atoms with E-state index in [1.54, 1.807) is 30.5 Å². The Balaban J connectivity index is 1.34. The maximum atomic E-state index is 12.5. The number of hydrogen-bond donors (Lipinski definition) is 4. The molecular weight excluding hydrogens is 432 g/mol. The molecule has 1 aromatic heterocycles. The number of rotatable bonds is 11. The van der Waals surface area contributed by atoms with Gasteiger partial charge in [0.25, 0.3) is 5.91 Å². The van der Waals surface area contributed by atoms with Crippen LogP contribution in [0.4, 0.5) is 0 Å². The van der Waals surface area contributed by atoms with Crippen LogP contribution in [0, 0.1) is 0 Å². The minimum Gasteiger partial charge on any atom is -0.494 e. The Bertz CT molecular complexity index is 1090. The number of benzene rings is 2. The summed E-state index contributed by atoms with van der Waals surface area (Å²) in [5.74, 6) is -0.719. The van der Waals surface area contributed by atoms with Crippen molar-refractivity contribution in [2.45, 2.75) is 25.3 Å². The maximum absolute atomic E-state index is 12.5. The number of carbonyl (C=O) groups excluding carboxylic acids is 1. The van der Waals surface area contributed by atoms with Crippen molar-refractivity contribution < 1.29 is 19.4 Å². The molecule has 2 aromatic carbocycles. The lowest BCUT2D eigenvalue weighted by Gasteiger charge is -2.26. The fourth-order valence-corrected chi connectivity index (χ4v) is 4.23.